The molecule has 0 aliphatic rings. The number of hydrogen-bond donors (Lipinski definition) is 0. The third-order valence-electron chi connectivity index (χ3n) is 8.50. The van der Waals surface area contributed by atoms with Crippen molar-refractivity contribution >= 4 is 17.3 Å². The molecule has 0 radical (unpaired) electrons. The van der Waals surface area contributed by atoms with Crippen LogP contribution in [0.5, 0.6) is 0 Å². The molecule has 0 fully saturated rings. The maximum atomic E-state index is 15.7. The lowest BCUT2D eigenvalue weighted by molar-refractivity contribution is -0.148. The molecule has 2 atom stereocenters. The zero-order valence-corrected chi connectivity index (χ0v) is 27.2. The minimum absolute atomic E-state index is 0.0419. The Labute approximate surface area is 276 Å². The van der Waals surface area contributed by atoms with Gasteiger partial charge in [-0.1, -0.05) is 63.9 Å². The van der Waals surface area contributed by atoms with Gasteiger partial charge in [-0.3, -0.25) is 0 Å². The maximum Gasteiger partial charge on any atom is 0.340 e. The molecule has 8 nitrogen and oxygen atoms in total. The fraction of sp³-hybridized carbons (Fsp3) is 0.306. The van der Waals surface area contributed by atoms with Crippen LogP contribution in [0.4, 0.5) is 8.78 Å². The van der Waals surface area contributed by atoms with E-state index in [9.17, 15) is 14.4 Å². The zero-order chi connectivity index (χ0) is 33.4. The highest BCUT2D eigenvalue weighted by molar-refractivity contribution is 7.10. The fourth-order valence-electron chi connectivity index (χ4n) is 5.63. The first-order valence-corrected chi connectivity index (χ1v) is 16.3. The molecular formula is C36H35F2N5O3S. The third-order valence-corrected chi connectivity index (χ3v) is 9.53. The van der Waals surface area contributed by atoms with Gasteiger partial charge in [-0.05, 0) is 48.2 Å². The number of thiazole rings is 1. The van der Waals surface area contributed by atoms with Gasteiger partial charge in [0, 0.05) is 28.5 Å². The van der Waals surface area contributed by atoms with E-state index in [1.807, 2.05) is 30.5 Å². The Hall–Kier alpha value is -4.79. The van der Waals surface area contributed by atoms with E-state index in [1.165, 1.54) is 34.7 Å². The van der Waals surface area contributed by atoms with Crippen LogP contribution >= 0.6 is 11.3 Å². The number of carbonyl (C=O) groups excluding carboxylic acids is 1. The summed E-state index contributed by atoms with van der Waals surface area (Å²) in [4.78, 5) is 22.1. The molecule has 0 N–H and O–H groups in total. The third kappa shape index (κ3) is 7.79. The van der Waals surface area contributed by atoms with Gasteiger partial charge >= 0.3 is 5.97 Å². The maximum absolute atomic E-state index is 15.7. The molecule has 1 unspecified atom stereocenters. The van der Waals surface area contributed by atoms with Crippen LogP contribution in [0.1, 0.15) is 71.6 Å². The molecule has 47 heavy (non-hydrogen) atoms. The van der Waals surface area contributed by atoms with Gasteiger partial charge in [-0.25, -0.2) is 28.2 Å². The monoisotopic (exact) mass is 655 g/mol. The molecule has 0 amide bonds. The molecule has 0 bridgehead atoms. The van der Waals surface area contributed by atoms with Gasteiger partial charge in [0.1, 0.15) is 29.9 Å². The van der Waals surface area contributed by atoms with Crippen molar-refractivity contribution in [2.45, 2.75) is 58.1 Å². The second-order valence-corrected chi connectivity index (χ2v) is 12.3. The lowest BCUT2D eigenvalue weighted by Crippen LogP contribution is -2.42. The quantitative estimate of drug-likeness (QED) is 0.0881. The molecule has 0 saturated heterocycles. The number of nitrogens with zero attached hydrogens (tertiary/aromatic N) is 5. The summed E-state index contributed by atoms with van der Waals surface area (Å²) in [6.45, 7) is 5.55. The molecule has 5 aromatic rings. The number of ether oxygens (including phenoxy) is 2. The molecule has 2 heterocycles. The summed E-state index contributed by atoms with van der Waals surface area (Å²) in [6, 6.07) is 19.7. The highest BCUT2D eigenvalue weighted by Gasteiger charge is 2.45. The van der Waals surface area contributed by atoms with Gasteiger partial charge in [0.2, 0.25) is 0 Å². The van der Waals surface area contributed by atoms with Gasteiger partial charge in [-0.15, -0.1) is 11.3 Å². The molecule has 11 heteroatoms. The smallest absolute Gasteiger partial charge is 0.340 e. The van der Waals surface area contributed by atoms with Crippen LogP contribution in [0, 0.1) is 28.9 Å². The molecule has 2 aromatic heterocycles. The van der Waals surface area contributed by atoms with Crippen LogP contribution in [0.15, 0.2) is 84.8 Å². The molecule has 0 saturated carbocycles. The second kappa shape index (κ2) is 15.2. The predicted octanol–water partition coefficient (Wildman–Crippen LogP) is 8.06. The van der Waals surface area contributed by atoms with E-state index in [0.717, 1.165) is 42.5 Å². The average Bonchev–Trinajstić information content (AvgIpc) is 3.79. The summed E-state index contributed by atoms with van der Waals surface area (Å²) >= 11 is 1.35. The Kier molecular flexibility index (Phi) is 10.9. The number of halogens is 2. The molecule has 242 valence electrons. The van der Waals surface area contributed by atoms with E-state index in [0.29, 0.717) is 27.7 Å². The number of rotatable bonds is 14. The topological polar surface area (TPSA) is 103 Å². The highest BCUT2D eigenvalue weighted by Crippen LogP contribution is 2.44. The Bertz CT molecular complexity index is 1830. The zero-order valence-electron chi connectivity index (χ0n) is 26.4. The van der Waals surface area contributed by atoms with Gasteiger partial charge in [0.05, 0.1) is 34.4 Å². The SMILES string of the molecule is CCC(CC)Cc1cccc(C(=O)OCOC(Cn2cncn2)(c2ccc(F)cc2F)[C@@H](C)c2nc(-c3ccc(C#N)cc3)cs2)c1. The van der Waals surface area contributed by atoms with Crippen molar-refractivity contribution in [3.8, 4) is 17.3 Å². The van der Waals surface area contributed by atoms with Crippen molar-refractivity contribution in [3.05, 3.63) is 124 Å². The number of hydrogen-bond acceptors (Lipinski definition) is 8. The molecule has 3 aromatic carbocycles. The van der Waals surface area contributed by atoms with Gasteiger partial charge in [0.25, 0.3) is 0 Å². The lowest BCUT2D eigenvalue weighted by atomic mass is 9.81. The Morgan fingerprint density at radius 3 is 2.55 bits per heavy atom. The van der Waals surface area contributed by atoms with Gasteiger partial charge in [-0.2, -0.15) is 10.4 Å². The Morgan fingerprint density at radius 1 is 1.09 bits per heavy atom. The summed E-state index contributed by atoms with van der Waals surface area (Å²) in [7, 11) is 0. The van der Waals surface area contributed by atoms with Crippen molar-refractivity contribution in [1.82, 2.24) is 19.7 Å². The molecule has 0 spiro atoms. The number of aromatic nitrogens is 4. The van der Waals surface area contributed by atoms with Crippen molar-refractivity contribution < 1.29 is 23.0 Å². The minimum Gasteiger partial charge on any atom is -0.435 e. The van der Waals surface area contributed by atoms with Crippen molar-refractivity contribution in [2.24, 2.45) is 5.92 Å². The molecule has 5 rings (SSSR count). The van der Waals surface area contributed by atoms with Crippen LogP contribution in [-0.2, 0) is 28.0 Å². The first-order valence-electron chi connectivity index (χ1n) is 15.4. The standard InChI is InChI=1S/C36H35F2N5O3S/c1-4-25(5-2)15-27-7-6-8-29(16-27)35(44)45-23-46-36(20-43-22-40-21-41-43,31-14-13-30(37)17-32(31)38)24(3)34-42-33(19-47-34)28-11-9-26(18-39)10-12-28/h6-14,16-17,19,21-22,24-25H,4-5,15,20,23H2,1-3H3/t24-,36?/m0/s1. The van der Waals surface area contributed by atoms with E-state index in [1.54, 1.807) is 30.3 Å². The molecular weight excluding hydrogens is 620 g/mol. The first kappa shape index (κ1) is 33.6. The minimum atomic E-state index is -1.57. The van der Waals surface area contributed by atoms with Gasteiger partial charge < -0.3 is 9.47 Å². The number of benzene rings is 3. The summed E-state index contributed by atoms with van der Waals surface area (Å²) in [6.07, 6.45) is 5.74. The van der Waals surface area contributed by atoms with Crippen LogP contribution < -0.4 is 0 Å². The normalized spacial score (nSPS) is 13.2. The Balaban J connectivity index is 1.48. The lowest BCUT2D eigenvalue weighted by Gasteiger charge is -2.38. The van der Waals surface area contributed by atoms with Crippen LogP contribution in [0.3, 0.4) is 0 Å². The van der Waals surface area contributed by atoms with E-state index < -0.39 is 35.9 Å². The van der Waals surface area contributed by atoms with Gasteiger partial charge in [0.15, 0.2) is 6.79 Å². The number of carbonyl (C=O) groups is 1. The summed E-state index contributed by atoms with van der Waals surface area (Å²) in [5.41, 5.74) is 1.88. The predicted molar refractivity (Wildman–Crippen MR) is 174 cm³/mol. The van der Waals surface area contributed by atoms with Crippen LogP contribution in [0.25, 0.3) is 11.3 Å². The number of nitriles is 1. The largest absolute Gasteiger partial charge is 0.435 e. The summed E-state index contributed by atoms with van der Waals surface area (Å²) in [5.74, 6) is -2.30. The molecule has 0 aliphatic carbocycles. The summed E-state index contributed by atoms with van der Waals surface area (Å²) in [5, 5.41) is 15.9. The van der Waals surface area contributed by atoms with E-state index in [-0.39, 0.29) is 12.1 Å². The Morgan fingerprint density at radius 2 is 1.87 bits per heavy atom. The molecule has 0 aliphatic heterocycles. The van der Waals surface area contributed by atoms with Crippen molar-refractivity contribution in [1.29, 1.82) is 5.26 Å². The van der Waals surface area contributed by atoms with Crippen LogP contribution in [-0.4, -0.2) is 32.5 Å². The average molecular weight is 656 g/mol. The van der Waals surface area contributed by atoms with Crippen molar-refractivity contribution in [3.63, 3.8) is 0 Å². The fourth-order valence-corrected chi connectivity index (χ4v) is 6.60. The van der Waals surface area contributed by atoms with Crippen molar-refractivity contribution in [2.75, 3.05) is 6.79 Å². The number of esters is 1. The highest BCUT2D eigenvalue weighted by atomic mass is 32.1. The van der Waals surface area contributed by atoms with E-state index in [4.69, 9.17) is 14.5 Å². The second-order valence-electron chi connectivity index (χ2n) is 11.4. The van der Waals surface area contributed by atoms with E-state index in [2.05, 4.69) is 30.0 Å². The van der Waals surface area contributed by atoms with Crippen LogP contribution in [0.2, 0.25) is 0 Å². The van der Waals surface area contributed by atoms with E-state index >= 15 is 4.39 Å². The first-order chi connectivity index (χ1) is 22.8. The summed E-state index contributed by atoms with van der Waals surface area (Å²) < 4.78 is 43.5.